The molecule has 2 amide bonds. The standard InChI is InChI=1S/C19H13ClF2N2O2S2/c20-14-7-6-12(10-13(14)17(25)23-11-4-2-1-3-5-11)24-18(26)16-15(8-9-27-16)28-19(21)22/h1-10,19H,(H,23,25)(H,24,26). The largest absolute Gasteiger partial charge is 0.322 e. The van der Waals surface area contributed by atoms with Crippen molar-refractivity contribution in [3.05, 3.63) is 75.4 Å². The zero-order chi connectivity index (χ0) is 20.1. The Morgan fingerprint density at radius 3 is 2.39 bits per heavy atom. The fourth-order valence-electron chi connectivity index (χ4n) is 2.34. The normalized spacial score (nSPS) is 10.7. The van der Waals surface area contributed by atoms with Gasteiger partial charge in [0.2, 0.25) is 0 Å². The van der Waals surface area contributed by atoms with Crippen molar-refractivity contribution in [1.29, 1.82) is 0 Å². The lowest BCUT2D eigenvalue weighted by molar-refractivity contribution is 0.101. The average molecular weight is 439 g/mol. The van der Waals surface area contributed by atoms with E-state index in [0.29, 0.717) is 23.1 Å². The van der Waals surface area contributed by atoms with Gasteiger partial charge >= 0.3 is 0 Å². The number of carbonyl (C=O) groups is 2. The fourth-order valence-corrected chi connectivity index (χ4v) is 4.14. The summed E-state index contributed by atoms with van der Waals surface area (Å²) in [6.45, 7) is 0. The first-order chi connectivity index (χ1) is 13.4. The lowest BCUT2D eigenvalue weighted by Gasteiger charge is -2.10. The molecule has 0 saturated carbocycles. The van der Waals surface area contributed by atoms with Crippen LogP contribution in [-0.4, -0.2) is 17.6 Å². The number of hydrogen-bond donors (Lipinski definition) is 2. The smallest absolute Gasteiger partial charge is 0.288 e. The summed E-state index contributed by atoms with van der Waals surface area (Å²) in [4.78, 5) is 25.3. The first-order valence-corrected chi connectivity index (χ1v) is 10.1. The lowest BCUT2D eigenvalue weighted by atomic mass is 10.1. The number of para-hydroxylation sites is 1. The van der Waals surface area contributed by atoms with E-state index in [1.807, 2.05) is 6.07 Å². The maximum absolute atomic E-state index is 12.6. The molecule has 0 aliphatic carbocycles. The van der Waals surface area contributed by atoms with Gasteiger partial charge in [-0.25, -0.2) is 0 Å². The van der Waals surface area contributed by atoms with Crippen LogP contribution in [0.4, 0.5) is 20.2 Å². The maximum Gasteiger partial charge on any atom is 0.288 e. The van der Waals surface area contributed by atoms with E-state index in [1.165, 1.54) is 24.3 Å². The molecule has 3 rings (SSSR count). The zero-order valence-corrected chi connectivity index (χ0v) is 16.5. The van der Waals surface area contributed by atoms with Crippen LogP contribution in [-0.2, 0) is 0 Å². The summed E-state index contributed by atoms with van der Waals surface area (Å²) in [6, 6.07) is 14.8. The zero-order valence-electron chi connectivity index (χ0n) is 14.1. The molecule has 0 fully saturated rings. The van der Waals surface area contributed by atoms with E-state index in [0.717, 1.165) is 11.3 Å². The first-order valence-electron chi connectivity index (χ1n) is 7.93. The molecule has 0 radical (unpaired) electrons. The van der Waals surface area contributed by atoms with E-state index in [9.17, 15) is 18.4 Å². The number of nitrogens with one attached hydrogen (secondary N) is 2. The van der Waals surface area contributed by atoms with Crippen LogP contribution in [0.2, 0.25) is 5.02 Å². The molecule has 0 atom stereocenters. The van der Waals surface area contributed by atoms with Gasteiger partial charge in [0.25, 0.3) is 17.6 Å². The molecular formula is C19H13ClF2N2O2S2. The van der Waals surface area contributed by atoms with Gasteiger partial charge in [-0.1, -0.05) is 41.6 Å². The van der Waals surface area contributed by atoms with Crippen molar-refractivity contribution in [3.8, 4) is 0 Å². The molecule has 0 aliphatic rings. The second-order valence-corrected chi connectivity index (χ2v) is 7.82. The Bertz CT molecular complexity index is 997. The molecule has 0 spiro atoms. The minimum atomic E-state index is -2.62. The molecule has 144 valence electrons. The molecule has 0 unspecified atom stereocenters. The number of amides is 2. The SMILES string of the molecule is O=C(Nc1ccccc1)c1cc(NC(=O)c2sccc2SC(F)F)ccc1Cl. The van der Waals surface area contributed by atoms with Gasteiger partial charge in [0.15, 0.2) is 0 Å². The van der Waals surface area contributed by atoms with Gasteiger partial charge in [0, 0.05) is 16.3 Å². The summed E-state index contributed by atoms with van der Waals surface area (Å²) in [6.07, 6.45) is 0. The van der Waals surface area contributed by atoms with Crippen LogP contribution >= 0.6 is 34.7 Å². The number of thiophene rings is 1. The highest BCUT2D eigenvalue weighted by Crippen LogP contribution is 2.32. The molecule has 3 aromatic rings. The number of rotatable bonds is 6. The van der Waals surface area contributed by atoms with Crippen LogP contribution < -0.4 is 10.6 Å². The Kier molecular flexibility index (Phi) is 6.66. The highest BCUT2D eigenvalue weighted by molar-refractivity contribution is 7.99. The minimum absolute atomic E-state index is 0.176. The number of carbonyl (C=O) groups excluding carboxylic acids is 2. The molecule has 1 heterocycles. The molecule has 28 heavy (non-hydrogen) atoms. The summed E-state index contributed by atoms with van der Waals surface area (Å²) >= 11 is 7.49. The molecule has 2 N–H and O–H groups in total. The van der Waals surface area contributed by atoms with Crippen LogP contribution in [0.1, 0.15) is 20.0 Å². The van der Waals surface area contributed by atoms with E-state index in [1.54, 1.807) is 29.6 Å². The summed E-state index contributed by atoms with van der Waals surface area (Å²) in [5.74, 6) is -3.59. The first kappa shape index (κ1) is 20.3. The highest BCUT2D eigenvalue weighted by Gasteiger charge is 2.18. The van der Waals surface area contributed by atoms with E-state index in [4.69, 9.17) is 11.6 Å². The van der Waals surface area contributed by atoms with Crippen LogP contribution in [0.3, 0.4) is 0 Å². The van der Waals surface area contributed by atoms with E-state index in [-0.39, 0.29) is 20.4 Å². The van der Waals surface area contributed by atoms with Crippen molar-refractivity contribution >= 4 is 57.9 Å². The second kappa shape index (κ2) is 9.18. The number of halogens is 3. The molecule has 0 bridgehead atoms. The monoisotopic (exact) mass is 438 g/mol. The highest BCUT2D eigenvalue weighted by atomic mass is 35.5. The predicted molar refractivity (Wildman–Crippen MR) is 110 cm³/mol. The van der Waals surface area contributed by atoms with Crippen LogP contribution in [0.5, 0.6) is 0 Å². The van der Waals surface area contributed by atoms with Gasteiger partial charge in [-0.2, -0.15) is 8.78 Å². The summed E-state index contributed by atoms with van der Waals surface area (Å²) in [5, 5.41) is 7.12. The van der Waals surface area contributed by atoms with Crippen LogP contribution in [0, 0.1) is 0 Å². The second-order valence-electron chi connectivity index (χ2n) is 5.46. The van der Waals surface area contributed by atoms with Crippen molar-refractivity contribution in [2.24, 2.45) is 0 Å². The third-order valence-electron chi connectivity index (χ3n) is 3.55. The van der Waals surface area contributed by atoms with E-state index >= 15 is 0 Å². The van der Waals surface area contributed by atoms with Crippen molar-refractivity contribution in [2.45, 2.75) is 10.7 Å². The van der Waals surface area contributed by atoms with E-state index < -0.39 is 17.6 Å². The molecule has 0 saturated heterocycles. The van der Waals surface area contributed by atoms with E-state index in [2.05, 4.69) is 10.6 Å². The van der Waals surface area contributed by atoms with Gasteiger partial charge in [-0.3, -0.25) is 9.59 Å². The number of thioether (sulfide) groups is 1. The number of benzene rings is 2. The van der Waals surface area contributed by atoms with Crippen LogP contribution in [0.25, 0.3) is 0 Å². The molecular weight excluding hydrogens is 426 g/mol. The Morgan fingerprint density at radius 1 is 0.964 bits per heavy atom. The summed E-state index contributed by atoms with van der Waals surface area (Å²) in [5.41, 5.74) is 1.11. The summed E-state index contributed by atoms with van der Waals surface area (Å²) < 4.78 is 25.2. The maximum atomic E-state index is 12.6. The van der Waals surface area contributed by atoms with Gasteiger partial charge < -0.3 is 10.6 Å². The molecule has 4 nitrogen and oxygen atoms in total. The minimum Gasteiger partial charge on any atom is -0.322 e. The van der Waals surface area contributed by atoms with Crippen molar-refractivity contribution in [1.82, 2.24) is 0 Å². The van der Waals surface area contributed by atoms with Gasteiger partial charge in [-0.05, 0) is 41.8 Å². The molecule has 9 heteroatoms. The fraction of sp³-hybridized carbons (Fsp3) is 0.0526. The Hall–Kier alpha value is -2.42. The average Bonchev–Trinajstić information content (AvgIpc) is 3.11. The third kappa shape index (κ3) is 5.09. The third-order valence-corrected chi connectivity index (χ3v) is 5.70. The quantitative estimate of drug-likeness (QED) is 0.449. The molecule has 0 aliphatic heterocycles. The predicted octanol–water partition coefficient (Wildman–Crippen LogP) is 6.22. The Balaban J connectivity index is 1.77. The summed E-state index contributed by atoms with van der Waals surface area (Å²) in [7, 11) is 0. The van der Waals surface area contributed by atoms with Crippen molar-refractivity contribution < 1.29 is 18.4 Å². The van der Waals surface area contributed by atoms with Gasteiger partial charge in [-0.15, -0.1) is 11.3 Å². The van der Waals surface area contributed by atoms with Gasteiger partial charge in [0.05, 0.1) is 10.6 Å². The number of anilines is 2. The number of alkyl halides is 2. The number of hydrogen-bond acceptors (Lipinski definition) is 4. The van der Waals surface area contributed by atoms with Gasteiger partial charge in [0.1, 0.15) is 4.88 Å². The Labute approximate surface area is 172 Å². The molecule has 2 aromatic carbocycles. The van der Waals surface area contributed by atoms with Crippen LogP contribution in [0.15, 0.2) is 64.9 Å². The topological polar surface area (TPSA) is 58.2 Å². The molecule has 1 aromatic heterocycles. The van der Waals surface area contributed by atoms with Crippen molar-refractivity contribution in [3.63, 3.8) is 0 Å². The Morgan fingerprint density at radius 2 is 1.68 bits per heavy atom. The van der Waals surface area contributed by atoms with Crippen molar-refractivity contribution in [2.75, 3.05) is 10.6 Å². The lowest BCUT2D eigenvalue weighted by Crippen LogP contribution is -2.15.